The van der Waals surface area contributed by atoms with Crippen molar-refractivity contribution in [3.8, 4) is 11.5 Å². The van der Waals surface area contributed by atoms with E-state index in [-0.39, 0.29) is 24.5 Å². The molecule has 2 aliphatic rings. The molecule has 1 saturated heterocycles. The number of benzene rings is 1. The van der Waals surface area contributed by atoms with Crippen molar-refractivity contribution in [2.75, 3.05) is 26.4 Å². The first-order chi connectivity index (χ1) is 12.2. The standard InChI is InChI=1S/C18H18N2O4S/c21-17(19-6-5-14-2-1-7-25-14)13-9-20(10-13)18(22)12-3-4-15-16(8-12)24-11-23-15/h1-4,7-8,13H,5-6,9-11H2,(H,19,21). The molecule has 0 spiro atoms. The van der Waals surface area contributed by atoms with Crippen LogP contribution in [0.15, 0.2) is 35.7 Å². The molecule has 4 rings (SSSR count). The molecule has 25 heavy (non-hydrogen) atoms. The van der Waals surface area contributed by atoms with Crippen LogP contribution in [0.3, 0.4) is 0 Å². The van der Waals surface area contributed by atoms with E-state index in [9.17, 15) is 9.59 Å². The second-order valence-corrected chi connectivity index (χ2v) is 7.13. The van der Waals surface area contributed by atoms with Crippen LogP contribution in [-0.4, -0.2) is 43.1 Å². The first-order valence-electron chi connectivity index (χ1n) is 8.20. The number of carbonyl (C=O) groups is 2. The van der Waals surface area contributed by atoms with Crippen molar-refractivity contribution in [1.29, 1.82) is 0 Å². The van der Waals surface area contributed by atoms with Gasteiger partial charge < -0.3 is 19.7 Å². The molecule has 0 radical (unpaired) electrons. The summed E-state index contributed by atoms with van der Waals surface area (Å²) < 4.78 is 10.5. The van der Waals surface area contributed by atoms with Gasteiger partial charge in [-0.3, -0.25) is 9.59 Å². The Morgan fingerprint density at radius 2 is 2.04 bits per heavy atom. The Morgan fingerprint density at radius 1 is 1.20 bits per heavy atom. The number of nitrogens with zero attached hydrogens (tertiary/aromatic N) is 1. The molecule has 1 N–H and O–H groups in total. The minimum atomic E-state index is -0.124. The van der Waals surface area contributed by atoms with Crippen molar-refractivity contribution in [2.45, 2.75) is 6.42 Å². The Hall–Kier alpha value is -2.54. The van der Waals surface area contributed by atoms with Crippen LogP contribution in [0.1, 0.15) is 15.2 Å². The lowest BCUT2D eigenvalue weighted by atomic mass is 9.97. The molecule has 0 unspecified atom stereocenters. The maximum Gasteiger partial charge on any atom is 0.254 e. The second-order valence-electron chi connectivity index (χ2n) is 6.10. The SMILES string of the molecule is O=C(NCCc1cccs1)C1CN(C(=O)c2ccc3c(c2)OCO3)C1. The summed E-state index contributed by atoms with van der Waals surface area (Å²) in [7, 11) is 0. The molecule has 0 saturated carbocycles. The van der Waals surface area contributed by atoms with E-state index in [4.69, 9.17) is 9.47 Å². The van der Waals surface area contributed by atoms with Crippen molar-refractivity contribution in [3.05, 3.63) is 46.2 Å². The maximum atomic E-state index is 12.5. The van der Waals surface area contributed by atoms with Crippen LogP contribution in [0.5, 0.6) is 11.5 Å². The van der Waals surface area contributed by atoms with E-state index in [1.54, 1.807) is 34.4 Å². The van der Waals surface area contributed by atoms with Crippen LogP contribution in [0, 0.1) is 5.92 Å². The Labute approximate surface area is 149 Å². The lowest BCUT2D eigenvalue weighted by molar-refractivity contribution is -0.128. The number of ether oxygens (including phenoxy) is 2. The number of hydrogen-bond acceptors (Lipinski definition) is 5. The van der Waals surface area contributed by atoms with E-state index in [2.05, 4.69) is 11.4 Å². The molecule has 7 heteroatoms. The molecule has 0 bridgehead atoms. The zero-order valence-corrected chi connectivity index (χ0v) is 14.4. The smallest absolute Gasteiger partial charge is 0.254 e. The number of thiophene rings is 1. The summed E-state index contributed by atoms with van der Waals surface area (Å²) in [5.41, 5.74) is 0.556. The molecular weight excluding hydrogens is 340 g/mol. The molecule has 1 aromatic heterocycles. The van der Waals surface area contributed by atoms with Gasteiger partial charge in [-0.05, 0) is 36.1 Å². The van der Waals surface area contributed by atoms with E-state index in [1.807, 2.05) is 11.4 Å². The van der Waals surface area contributed by atoms with Gasteiger partial charge in [-0.25, -0.2) is 0 Å². The van der Waals surface area contributed by atoms with Crippen LogP contribution in [0.25, 0.3) is 0 Å². The summed E-state index contributed by atoms with van der Waals surface area (Å²) in [5.74, 6) is 1.06. The zero-order valence-electron chi connectivity index (χ0n) is 13.6. The van der Waals surface area contributed by atoms with Crippen LogP contribution < -0.4 is 14.8 Å². The fourth-order valence-electron chi connectivity index (χ4n) is 2.93. The molecule has 1 fully saturated rings. The summed E-state index contributed by atoms with van der Waals surface area (Å²) in [6.45, 7) is 1.73. The summed E-state index contributed by atoms with van der Waals surface area (Å²) in [4.78, 5) is 27.5. The summed E-state index contributed by atoms with van der Waals surface area (Å²) in [6, 6.07) is 9.23. The topological polar surface area (TPSA) is 67.9 Å². The monoisotopic (exact) mass is 358 g/mol. The van der Waals surface area contributed by atoms with Crippen molar-refractivity contribution in [1.82, 2.24) is 10.2 Å². The van der Waals surface area contributed by atoms with Crippen molar-refractivity contribution >= 4 is 23.2 Å². The highest BCUT2D eigenvalue weighted by atomic mass is 32.1. The number of likely N-dealkylation sites (tertiary alicyclic amines) is 1. The highest BCUT2D eigenvalue weighted by Gasteiger charge is 2.36. The van der Waals surface area contributed by atoms with Crippen LogP contribution in [-0.2, 0) is 11.2 Å². The predicted octanol–water partition coefficient (Wildman–Crippen LogP) is 1.91. The summed E-state index contributed by atoms with van der Waals surface area (Å²) in [6.07, 6.45) is 0.843. The number of nitrogens with one attached hydrogen (secondary N) is 1. The van der Waals surface area contributed by atoms with Gasteiger partial charge in [0.05, 0.1) is 5.92 Å². The van der Waals surface area contributed by atoms with Gasteiger partial charge in [-0.2, -0.15) is 0 Å². The Balaban J connectivity index is 1.25. The number of rotatable bonds is 5. The third-order valence-corrected chi connectivity index (χ3v) is 5.35. The molecule has 1 aromatic carbocycles. The quantitative estimate of drug-likeness (QED) is 0.887. The number of amides is 2. The largest absolute Gasteiger partial charge is 0.454 e. The first-order valence-corrected chi connectivity index (χ1v) is 9.08. The molecule has 0 aliphatic carbocycles. The van der Waals surface area contributed by atoms with Crippen molar-refractivity contribution < 1.29 is 19.1 Å². The minimum absolute atomic E-state index is 0.0197. The van der Waals surface area contributed by atoms with E-state index < -0.39 is 0 Å². The van der Waals surface area contributed by atoms with Crippen molar-refractivity contribution in [2.24, 2.45) is 5.92 Å². The van der Waals surface area contributed by atoms with Gasteiger partial charge in [-0.15, -0.1) is 11.3 Å². The van der Waals surface area contributed by atoms with Gasteiger partial charge in [0.1, 0.15) is 0 Å². The fourth-order valence-corrected chi connectivity index (χ4v) is 3.64. The first kappa shape index (κ1) is 16.0. The predicted molar refractivity (Wildman–Crippen MR) is 93.0 cm³/mol. The lowest BCUT2D eigenvalue weighted by Gasteiger charge is -2.38. The molecule has 2 amide bonds. The average molecular weight is 358 g/mol. The fraction of sp³-hybridized carbons (Fsp3) is 0.333. The molecule has 0 atom stereocenters. The Bertz CT molecular complexity index is 784. The van der Waals surface area contributed by atoms with E-state index in [1.165, 1.54) is 4.88 Å². The van der Waals surface area contributed by atoms with Crippen LogP contribution >= 0.6 is 11.3 Å². The van der Waals surface area contributed by atoms with Gasteiger partial charge in [0.15, 0.2) is 11.5 Å². The van der Waals surface area contributed by atoms with Crippen molar-refractivity contribution in [3.63, 3.8) is 0 Å². The molecule has 6 nitrogen and oxygen atoms in total. The van der Waals surface area contributed by atoms with E-state index in [0.29, 0.717) is 36.7 Å². The highest BCUT2D eigenvalue weighted by molar-refractivity contribution is 7.09. The van der Waals surface area contributed by atoms with Gasteiger partial charge in [0.25, 0.3) is 5.91 Å². The maximum absolute atomic E-state index is 12.5. The number of hydrogen-bond donors (Lipinski definition) is 1. The van der Waals surface area contributed by atoms with E-state index >= 15 is 0 Å². The van der Waals surface area contributed by atoms with Gasteiger partial charge in [0.2, 0.25) is 12.7 Å². The molecular formula is C18H18N2O4S. The molecule has 2 aliphatic heterocycles. The summed E-state index contributed by atoms with van der Waals surface area (Å²) >= 11 is 1.69. The van der Waals surface area contributed by atoms with Gasteiger partial charge >= 0.3 is 0 Å². The average Bonchev–Trinajstić information content (AvgIpc) is 3.23. The third-order valence-electron chi connectivity index (χ3n) is 4.41. The van der Waals surface area contributed by atoms with Crippen LogP contribution in [0.2, 0.25) is 0 Å². The molecule has 3 heterocycles. The Morgan fingerprint density at radius 3 is 2.84 bits per heavy atom. The minimum Gasteiger partial charge on any atom is -0.454 e. The molecule has 2 aromatic rings. The van der Waals surface area contributed by atoms with E-state index in [0.717, 1.165) is 6.42 Å². The number of fused-ring (bicyclic) bond motifs is 1. The van der Waals surface area contributed by atoms with Gasteiger partial charge in [0, 0.05) is 30.1 Å². The normalized spacial score (nSPS) is 15.8. The Kier molecular flexibility index (Phi) is 4.31. The lowest BCUT2D eigenvalue weighted by Crippen LogP contribution is -2.55. The molecule has 130 valence electrons. The number of carbonyl (C=O) groups excluding carboxylic acids is 2. The summed E-state index contributed by atoms with van der Waals surface area (Å²) in [5, 5.41) is 4.98. The third kappa shape index (κ3) is 3.32. The van der Waals surface area contributed by atoms with Crippen LogP contribution in [0.4, 0.5) is 0 Å². The highest BCUT2D eigenvalue weighted by Crippen LogP contribution is 2.33. The van der Waals surface area contributed by atoms with Gasteiger partial charge in [-0.1, -0.05) is 6.07 Å². The zero-order chi connectivity index (χ0) is 17.2. The second kappa shape index (κ2) is 6.76.